The van der Waals surface area contributed by atoms with E-state index in [1.807, 2.05) is 84.6 Å². The highest BCUT2D eigenvalue weighted by molar-refractivity contribution is 5.99. The summed E-state index contributed by atoms with van der Waals surface area (Å²) in [5.41, 5.74) is 10.6. The Morgan fingerprint density at radius 3 is 2.17 bits per heavy atom. The number of aryl methyl sites for hydroxylation is 1. The number of hydrogen-bond donors (Lipinski definition) is 2. The lowest BCUT2D eigenvalue weighted by Crippen LogP contribution is -2.47. The van der Waals surface area contributed by atoms with Crippen molar-refractivity contribution in [3.63, 3.8) is 0 Å². The van der Waals surface area contributed by atoms with E-state index in [1.165, 1.54) is 0 Å². The second kappa shape index (κ2) is 10.1. The predicted octanol–water partition coefficient (Wildman–Crippen LogP) is 5.31. The molecule has 2 amide bonds. The van der Waals surface area contributed by atoms with Crippen molar-refractivity contribution in [2.24, 2.45) is 11.7 Å². The van der Waals surface area contributed by atoms with E-state index in [2.05, 4.69) is 0 Å². The number of phenolic OH excluding ortho intramolecular Hbond substituents is 1. The molecule has 0 bridgehead atoms. The molecule has 35 heavy (non-hydrogen) atoms. The molecule has 0 spiro atoms. The molecule has 3 N–H and O–H groups in total. The Balaban J connectivity index is 1.31. The van der Waals surface area contributed by atoms with Crippen LogP contribution < -0.4 is 10.6 Å². The Hall–Kier alpha value is -3.35. The number of carbonyl (C=O) groups is 1. The predicted molar refractivity (Wildman–Crippen MR) is 138 cm³/mol. The van der Waals surface area contributed by atoms with Gasteiger partial charge in [-0.25, -0.2) is 4.79 Å². The van der Waals surface area contributed by atoms with E-state index in [0.717, 1.165) is 40.9 Å². The summed E-state index contributed by atoms with van der Waals surface area (Å²) in [6.07, 6.45) is 2.17. The van der Waals surface area contributed by atoms with E-state index in [9.17, 15) is 9.90 Å². The molecule has 0 saturated carbocycles. The van der Waals surface area contributed by atoms with Crippen molar-refractivity contribution in [3.8, 4) is 5.75 Å². The number of nitrogens with zero attached hydrogens (tertiary/aromatic N) is 2. The number of hydrogen-bond acceptors (Lipinski definition) is 4. The van der Waals surface area contributed by atoms with Gasteiger partial charge in [-0.3, -0.25) is 4.90 Å². The highest BCUT2D eigenvalue weighted by atomic mass is 16.5. The fourth-order valence-electron chi connectivity index (χ4n) is 5.41. The molecule has 182 valence electrons. The van der Waals surface area contributed by atoms with Gasteiger partial charge in [0.2, 0.25) is 0 Å². The summed E-state index contributed by atoms with van der Waals surface area (Å²) < 4.78 is 6.43. The van der Waals surface area contributed by atoms with Gasteiger partial charge in [0, 0.05) is 31.6 Å². The summed E-state index contributed by atoms with van der Waals surface area (Å²) in [4.78, 5) is 17.4. The summed E-state index contributed by atoms with van der Waals surface area (Å²) in [6.45, 7) is 3.64. The molecule has 0 unspecified atom stereocenters. The minimum Gasteiger partial charge on any atom is -0.507 e. The largest absolute Gasteiger partial charge is 0.507 e. The zero-order valence-corrected chi connectivity index (χ0v) is 20.1. The molecule has 3 aromatic rings. The fraction of sp³-hybridized carbons (Fsp3) is 0.345. The van der Waals surface area contributed by atoms with Crippen LogP contribution in [0.15, 0.2) is 72.8 Å². The molecule has 0 aliphatic carbocycles. The van der Waals surface area contributed by atoms with Crippen molar-refractivity contribution in [3.05, 3.63) is 89.5 Å². The number of piperidine rings is 1. The first-order chi connectivity index (χ1) is 17.1. The topological polar surface area (TPSA) is 79.0 Å². The molecule has 1 saturated heterocycles. The Kier molecular flexibility index (Phi) is 6.75. The number of carbonyl (C=O) groups excluding carboxylic acids is 1. The molecule has 2 aliphatic rings. The normalized spacial score (nSPS) is 20.3. The van der Waals surface area contributed by atoms with E-state index in [4.69, 9.17) is 10.5 Å². The van der Waals surface area contributed by atoms with Crippen LogP contribution in [0.25, 0.3) is 0 Å². The minimum atomic E-state index is -0.207. The zero-order chi connectivity index (χ0) is 24.4. The quantitative estimate of drug-likeness (QED) is 0.540. The second-order valence-electron chi connectivity index (χ2n) is 9.52. The van der Waals surface area contributed by atoms with Crippen molar-refractivity contribution in [1.82, 2.24) is 4.90 Å². The lowest BCUT2D eigenvalue weighted by atomic mass is 9.83. The lowest BCUT2D eigenvalue weighted by Gasteiger charge is -2.41. The van der Waals surface area contributed by atoms with E-state index >= 15 is 0 Å². The van der Waals surface area contributed by atoms with Crippen LogP contribution in [-0.4, -0.2) is 41.8 Å². The Bertz CT molecular complexity index is 1120. The molecule has 6 nitrogen and oxygen atoms in total. The lowest BCUT2D eigenvalue weighted by molar-refractivity contribution is -0.0624. The third-order valence-corrected chi connectivity index (χ3v) is 7.38. The maximum atomic E-state index is 13.7. The van der Waals surface area contributed by atoms with Crippen molar-refractivity contribution in [2.45, 2.75) is 38.4 Å². The molecular weight excluding hydrogens is 438 g/mol. The smallest absolute Gasteiger partial charge is 0.329 e. The maximum Gasteiger partial charge on any atom is 0.329 e. The standard InChI is InChI=1S/C29H33N3O3/c1-20-12-13-24-25(28(20)33)18-26(35-27(24)19-30)21-14-16-31(17-15-21)29(34)32(22-8-4-2-5-9-22)23-10-6-3-7-11-23/h2-13,21,26-27,33H,14-19,30H2,1H3/t26-,27-/m0/s1. The van der Waals surface area contributed by atoms with Gasteiger partial charge < -0.3 is 20.5 Å². The Labute approximate surface area is 206 Å². The molecule has 5 rings (SSSR count). The van der Waals surface area contributed by atoms with Crippen LogP contribution in [-0.2, 0) is 11.2 Å². The number of nitrogens with two attached hydrogens (primary N) is 1. The van der Waals surface area contributed by atoms with Crippen molar-refractivity contribution in [1.29, 1.82) is 0 Å². The van der Waals surface area contributed by atoms with E-state index in [1.54, 1.807) is 4.90 Å². The van der Waals surface area contributed by atoms with Gasteiger partial charge in [0.25, 0.3) is 0 Å². The number of fused-ring (bicyclic) bond motifs is 1. The Morgan fingerprint density at radius 1 is 1.00 bits per heavy atom. The number of rotatable bonds is 4. The average molecular weight is 472 g/mol. The molecule has 1 fully saturated rings. The van der Waals surface area contributed by atoms with Crippen LogP contribution in [0.4, 0.5) is 16.2 Å². The van der Waals surface area contributed by atoms with Gasteiger partial charge in [-0.05, 0) is 61.1 Å². The number of urea groups is 1. The maximum absolute atomic E-state index is 13.7. The van der Waals surface area contributed by atoms with Gasteiger partial charge in [-0.2, -0.15) is 0 Å². The van der Waals surface area contributed by atoms with Gasteiger partial charge in [-0.1, -0.05) is 48.5 Å². The number of para-hydroxylation sites is 2. The van der Waals surface area contributed by atoms with Gasteiger partial charge in [-0.15, -0.1) is 0 Å². The van der Waals surface area contributed by atoms with Crippen molar-refractivity contribution < 1.29 is 14.6 Å². The number of anilines is 2. The number of amides is 2. The summed E-state index contributed by atoms with van der Waals surface area (Å²) in [7, 11) is 0. The highest BCUT2D eigenvalue weighted by Crippen LogP contribution is 2.40. The number of benzene rings is 3. The number of likely N-dealkylation sites (tertiary alicyclic amines) is 1. The van der Waals surface area contributed by atoms with Crippen LogP contribution in [0.2, 0.25) is 0 Å². The first-order valence-electron chi connectivity index (χ1n) is 12.4. The number of ether oxygens (including phenoxy) is 1. The monoisotopic (exact) mass is 471 g/mol. The minimum absolute atomic E-state index is 0.0103. The summed E-state index contributed by atoms with van der Waals surface area (Å²) in [6, 6.07) is 23.5. The molecule has 2 aliphatic heterocycles. The average Bonchev–Trinajstić information content (AvgIpc) is 2.91. The zero-order valence-electron chi connectivity index (χ0n) is 20.1. The molecule has 0 aromatic heterocycles. The van der Waals surface area contributed by atoms with Gasteiger partial charge in [0.05, 0.1) is 23.6 Å². The molecule has 2 heterocycles. The van der Waals surface area contributed by atoms with Gasteiger partial charge >= 0.3 is 6.03 Å². The molecule has 3 aromatic carbocycles. The van der Waals surface area contributed by atoms with Crippen LogP contribution in [0, 0.1) is 12.8 Å². The Morgan fingerprint density at radius 2 is 1.60 bits per heavy atom. The molecular formula is C29H33N3O3. The van der Waals surface area contributed by atoms with E-state index in [0.29, 0.717) is 37.7 Å². The first kappa shape index (κ1) is 23.4. The third-order valence-electron chi connectivity index (χ3n) is 7.38. The summed E-state index contributed by atoms with van der Waals surface area (Å²) in [5, 5.41) is 10.7. The number of phenols is 1. The van der Waals surface area contributed by atoms with Gasteiger partial charge in [0.1, 0.15) is 5.75 Å². The fourth-order valence-corrected chi connectivity index (χ4v) is 5.41. The second-order valence-corrected chi connectivity index (χ2v) is 9.52. The summed E-state index contributed by atoms with van der Waals surface area (Å²) in [5.74, 6) is 0.672. The van der Waals surface area contributed by atoms with Gasteiger partial charge in [0.15, 0.2) is 0 Å². The van der Waals surface area contributed by atoms with Crippen molar-refractivity contribution >= 4 is 17.4 Å². The number of aromatic hydroxyl groups is 1. The van der Waals surface area contributed by atoms with Crippen LogP contribution in [0.5, 0.6) is 5.75 Å². The molecule has 2 atom stereocenters. The van der Waals surface area contributed by atoms with Crippen LogP contribution >= 0.6 is 0 Å². The third kappa shape index (κ3) is 4.64. The summed E-state index contributed by atoms with van der Waals surface area (Å²) >= 11 is 0. The first-order valence-corrected chi connectivity index (χ1v) is 12.4. The molecule has 6 heteroatoms. The van der Waals surface area contributed by atoms with E-state index < -0.39 is 0 Å². The highest BCUT2D eigenvalue weighted by Gasteiger charge is 2.37. The van der Waals surface area contributed by atoms with Crippen LogP contribution in [0.3, 0.4) is 0 Å². The van der Waals surface area contributed by atoms with Crippen molar-refractivity contribution in [2.75, 3.05) is 24.5 Å². The SMILES string of the molecule is Cc1ccc2c(c1O)C[C@@H](C1CCN(C(=O)N(c3ccccc3)c3ccccc3)CC1)O[C@H]2CN. The van der Waals surface area contributed by atoms with E-state index in [-0.39, 0.29) is 18.2 Å². The van der Waals surface area contributed by atoms with Crippen LogP contribution in [0.1, 0.15) is 35.6 Å². The molecule has 0 radical (unpaired) electrons.